The highest BCUT2D eigenvalue weighted by molar-refractivity contribution is 7.22. The van der Waals surface area contributed by atoms with Gasteiger partial charge < -0.3 is 15.4 Å². The molecule has 2 N–H and O–H groups in total. The molecule has 0 fully saturated rings. The van der Waals surface area contributed by atoms with Crippen molar-refractivity contribution in [3.8, 4) is 5.75 Å². The molecule has 0 saturated carbocycles. The number of hydrogen-bond acceptors (Lipinski definition) is 5. The van der Waals surface area contributed by atoms with Crippen molar-refractivity contribution in [1.29, 1.82) is 0 Å². The van der Waals surface area contributed by atoms with Crippen LogP contribution >= 0.6 is 11.3 Å². The summed E-state index contributed by atoms with van der Waals surface area (Å²) in [5.41, 5.74) is 2.30. The molecule has 0 spiro atoms. The summed E-state index contributed by atoms with van der Waals surface area (Å²) in [7, 11) is 0. The zero-order valence-corrected chi connectivity index (χ0v) is 16.2. The van der Waals surface area contributed by atoms with Gasteiger partial charge in [0.25, 0.3) is 5.91 Å². The minimum absolute atomic E-state index is 0.285. The smallest absolute Gasteiger partial charge is 0.251 e. The van der Waals surface area contributed by atoms with Crippen LogP contribution in [-0.4, -0.2) is 29.4 Å². The minimum Gasteiger partial charge on any atom is -0.494 e. The lowest BCUT2D eigenvalue weighted by atomic mass is 10.1. The molecule has 0 unspecified atom stereocenters. The Morgan fingerprint density at radius 1 is 1.22 bits per heavy atom. The molecule has 3 rings (SSSR count). The lowest BCUT2D eigenvalue weighted by molar-refractivity contribution is -0.117. The van der Waals surface area contributed by atoms with Crippen LogP contribution in [0.5, 0.6) is 5.75 Å². The van der Waals surface area contributed by atoms with Crippen LogP contribution in [0.15, 0.2) is 42.5 Å². The van der Waals surface area contributed by atoms with Crippen LogP contribution in [0.4, 0.5) is 5.13 Å². The van der Waals surface area contributed by atoms with E-state index in [-0.39, 0.29) is 11.8 Å². The van der Waals surface area contributed by atoms with Gasteiger partial charge in [-0.3, -0.25) is 9.59 Å². The standard InChI is InChI=1S/C20H21N3O3S/c1-4-26-15-8-9-16-17(11-15)27-20(22-16)23-18(24)13(3)21-19(25)14-7-5-6-12(2)10-14/h5-11,13H,4H2,1-3H3,(H,21,25)(H,22,23,24)/t13-/m0/s1. The summed E-state index contributed by atoms with van der Waals surface area (Å²) in [6.45, 7) is 6.07. The molecule has 0 aliphatic carbocycles. The van der Waals surface area contributed by atoms with Crippen LogP contribution in [0.2, 0.25) is 0 Å². The first kappa shape index (κ1) is 18.8. The first-order valence-corrected chi connectivity index (χ1v) is 9.49. The van der Waals surface area contributed by atoms with Crippen molar-refractivity contribution in [2.24, 2.45) is 0 Å². The maximum atomic E-state index is 12.4. The molecule has 0 saturated heterocycles. The van der Waals surface area contributed by atoms with E-state index in [0.29, 0.717) is 17.3 Å². The second kappa shape index (κ2) is 8.18. The molecule has 27 heavy (non-hydrogen) atoms. The fourth-order valence-corrected chi connectivity index (χ4v) is 3.46. The van der Waals surface area contributed by atoms with E-state index in [4.69, 9.17) is 4.74 Å². The van der Waals surface area contributed by atoms with E-state index in [1.165, 1.54) is 11.3 Å². The van der Waals surface area contributed by atoms with Gasteiger partial charge in [-0.05, 0) is 51.1 Å². The van der Waals surface area contributed by atoms with Crippen LogP contribution in [-0.2, 0) is 4.79 Å². The third kappa shape index (κ3) is 4.62. The van der Waals surface area contributed by atoms with Gasteiger partial charge in [-0.1, -0.05) is 29.0 Å². The number of ether oxygens (including phenoxy) is 1. The van der Waals surface area contributed by atoms with Crippen LogP contribution in [0.1, 0.15) is 29.8 Å². The predicted octanol–water partition coefficient (Wildman–Crippen LogP) is 3.76. The number of fused-ring (bicyclic) bond motifs is 1. The van der Waals surface area contributed by atoms with Crippen molar-refractivity contribution in [1.82, 2.24) is 10.3 Å². The molecule has 0 radical (unpaired) electrons. The summed E-state index contributed by atoms with van der Waals surface area (Å²) in [4.78, 5) is 29.1. The number of benzene rings is 2. The Morgan fingerprint density at radius 2 is 2.04 bits per heavy atom. The normalized spacial score (nSPS) is 11.8. The molecule has 2 aromatic carbocycles. The Balaban J connectivity index is 1.65. The number of amides is 2. The van der Waals surface area contributed by atoms with Gasteiger partial charge in [0.15, 0.2) is 5.13 Å². The summed E-state index contributed by atoms with van der Waals surface area (Å²) < 4.78 is 6.40. The average molecular weight is 383 g/mol. The van der Waals surface area contributed by atoms with Gasteiger partial charge in [0.2, 0.25) is 5.91 Å². The Bertz CT molecular complexity index is 984. The molecule has 1 aromatic heterocycles. The molecule has 0 aliphatic heterocycles. The second-order valence-corrected chi connectivity index (χ2v) is 7.17. The maximum absolute atomic E-state index is 12.4. The number of anilines is 1. The monoisotopic (exact) mass is 383 g/mol. The minimum atomic E-state index is -0.691. The highest BCUT2D eigenvalue weighted by Crippen LogP contribution is 2.29. The molecule has 1 atom stereocenters. The number of nitrogens with zero attached hydrogens (tertiary/aromatic N) is 1. The molecular formula is C20H21N3O3S. The molecular weight excluding hydrogens is 362 g/mol. The van der Waals surface area contributed by atoms with Crippen LogP contribution in [0.3, 0.4) is 0 Å². The van der Waals surface area contributed by atoms with Crippen LogP contribution in [0, 0.1) is 6.92 Å². The van der Waals surface area contributed by atoms with Crippen LogP contribution in [0.25, 0.3) is 10.2 Å². The number of carbonyl (C=O) groups is 2. The second-order valence-electron chi connectivity index (χ2n) is 6.14. The van der Waals surface area contributed by atoms with E-state index < -0.39 is 6.04 Å². The zero-order valence-electron chi connectivity index (χ0n) is 15.4. The Kier molecular flexibility index (Phi) is 5.71. The number of aromatic nitrogens is 1. The van der Waals surface area contributed by atoms with Crippen molar-refractivity contribution >= 4 is 38.5 Å². The Labute approximate surface area is 161 Å². The topological polar surface area (TPSA) is 80.3 Å². The Hall–Kier alpha value is -2.93. The average Bonchev–Trinajstić information content (AvgIpc) is 3.03. The first-order valence-electron chi connectivity index (χ1n) is 8.68. The molecule has 1 heterocycles. The third-order valence-electron chi connectivity index (χ3n) is 3.92. The Morgan fingerprint density at radius 3 is 2.78 bits per heavy atom. The van der Waals surface area contributed by atoms with Gasteiger partial charge in [-0.25, -0.2) is 4.98 Å². The molecule has 2 amide bonds. The van der Waals surface area contributed by atoms with E-state index in [9.17, 15) is 9.59 Å². The molecule has 0 aliphatic rings. The van der Waals surface area contributed by atoms with Gasteiger partial charge in [-0.15, -0.1) is 0 Å². The van der Waals surface area contributed by atoms with Gasteiger partial charge in [-0.2, -0.15) is 0 Å². The number of carbonyl (C=O) groups excluding carboxylic acids is 2. The third-order valence-corrected chi connectivity index (χ3v) is 4.86. The molecule has 6 nitrogen and oxygen atoms in total. The van der Waals surface area contributed by atoms with E-state index in [1.54, 1.807) is 19.1 Å². The van der Waals surface area contributed by atoms with Crippen molar-refractivity contribution in [2.45, 2.75) is 26.8 Å². The summed E-state index contributed by atoms with van der Waals surface area (Å²) in [5, 5.41) is 5.96. The number of hydrogen-bond donors (Lipinski definition) is 2. The van der Waals surface area contributed by atoms with E-state index in [1.807, 2.05) is 44.2 Å². The fourth-order valence-electron chi connectivity index (χ4n) is 2.56. The predicted molar refractivity (Wildman–Crippen MR) is 108 cm³/mol. The lowest BCUT2D eigenvalue weighted by Gasteiger charge is -2.13. The maximum Gasteiger partial charge on any atom is 0.251 e. The van der Waals surface area contributed by atoms with Gasteiger partial charge in [0.1, 0.15) is 11.8 Å². The van der Waals surface area contributed by atoms with E-state index in [0.717, 1.165) is 21.5 Å². The van der Waals surface area contributed by atoms with Gasteiger partial charge >= 0.3 is 0 Å². The molecule has 140 valence electrons. The summed E-state index contributed by atoms with van der Waals surface area (Å²) in [5.74, 6) is 0.164. The highest BCUT2D eigenvalue weighted by atomic mass is 32.1. The number of aryl methyl sites for hydroxylation is 1. The largest absolute Gasteiger partial charge is 0.494 e. The zero-order chi connectivity index (χ0) is 19.4. The van der Waals surface area contributed by atoms with E-state index in [2.05, 4.69) is 15.6 Å². The lowest BCUT2D eigenvalue weighted by Crippen LogP contribution is -2.41. The van der Waals surface area contributed by atoms with Gasteiger partial charge in [0.05, 0.1) is 16.8 Å². The number of thiazole rings is 1. The van der Waals surface area contributed by atoms with E-state index >= 15 is 0 Å². The quantitative estimate of drug-likeness (QED) is 0.679. The molecule has 3 aromatic rings. The first-order chi connectivity index (χ1) is 13.0. The number of rotatable bonds is 6. The van der Waals surface area contributed by atoms with Crippen molar-refractivity contribution in [2.75, 3.05) is 11.9 Å². The SMILES string of the molecule is CCOc1ccc2nc(NC(=O)[C@H](C)NC(=O)c3cccc(C)c3)sc2c1. The summed E-state index contributed by atoms with van der Waals surface area (Å²) in [6, 6.07) is 12.1. The van der Waals surface area contributed by atoms with Crippen molar-refractivity contribution in [3.05, 3.63) is 53.6 Å². The van der Waals surface area contributed by atoms with Crippen molar-refractivity contribution < 1.29 is 14.3 Å². The fraction of sp³-hybridized carbons (Fsp3) is 0.250. The molecule has 7 heteroatoms. The number of nitrogens with one attached hydrogen (secondary N) is 2. The van der Waals surface area contributed by atoms with Crippen molar-refractivity contribution in [3.63, 3.8) is 0 Å². The highest BCUT2D eigenvalue weighted by Gasteiger charge is 2.18. The van der Waals surface area contributed by atoms with Gasteiger partial charge in [0, 0.05) is 5.56 Å². The summed E-state index contributed by atoms with van der Waals surface area (Å²) >= 11 is 1.36. The summed E-state index contributed by atoms with van der Waals surface area (Å²) in [6.07, 6.45) is 0. The van der Waals surface area contributed by atoms with Crippen LogP contribution < -0.4 is 15.4 Å². The molecule has 0 bridgehead atoms.